The van der Waals surface area contributed by atoms with E-state index >= 15 is 0 Å². The summed E-state index contributed by atoms with van der Waals surface area (Å²) in [5.74, 6) is -0.541. The number of benzene rings is 1. The first-order valence-corrected chi connectivity index (χ1v) is 6.93. The summed E-state index contributed by atoms with van der Waals surface area (Å²) in [7, 11) is 0. The summed E-state index contributed by atoms with van der Waals surface area (Å²) < 4.78 is 39.8. The van der Waals surface area contributed by atoms with E-state index in [1.165, 1.54) is 12.1 Å². The van der Waals surface area contributed by atoms with Crippen LogP contribution in [0.2, 0.25) is 0 Å². The molecule has 6 heteroatoms. The molecule has 1 aromatic heterocycles. The van der Waals surface area contributed by atoms with Gasteiger partial charge in [-0.2, -0.15) is 13.2 Å². The Balaban J connectivity index is 2.52. The van der Waals surface area contributed by atoms with E-state index < -0.39 is 17.6 Å². The Labute approximate surface area is 126 Å². The molecule has 0 atom stereocenters. The minimum absolute atomic E-state index is 0.392. The molecule has 2 N–H and O–H groups in total. The second-order valence-corrected chi connectivity index (χ2v) is 5.12. The molecule has 0 aliphatic heterocycles. The lowest BCUT2D eigenvalue weighted by molar-refractivity contribution is -0.137. The number of hydrogen-bond acceptors (Lipinski definition) is 1. The summed E-state index contributed by atoms with van der Waals surface area (Å²) in [6.45, 7) is 4.43. The molecule has 0 fully saturated rings. The van der Waals surface area contributed by atoms with E-state index in [9.17, 15) is 18.0 Å². The predicted molar refractivity (Wildman–Crippen MR) is 78.4 cm³/mol. The quantitative estimate of drug-likeness (QED) is 0.912. The molecule has 118 valence electrons. The zero-order chi connectivity index (χ0) is 16.5. The van der Waals surface area contributed by atoms with Gasteiger partial charge < -0.3 is 10.3 Å². The fourth-order valence-electron chi connectivity index (χ4n) is 2.48. The number of nitrogens with two attached hydrogens (primary N) is 1. The van der Waals surface area contributed by atoms with Crippen molar-refractivity contribution in [2.45, 2.75) is 33.0 Å². The number of alkyl halides is 3. The highest BCUT2D eigenvalue weighted by Crippen LogP contribution is 2.32. The molecule has 0 spiro atoms. The van der Waals surface area contributed by atoms with Crippen molar-refractivity contribution < 1.29 is 18.0 Å². The van der Waals surface area contributed by atoms with Gasteiger partial charge in [0.15, 0.2) is 0 Å². The molecule has 1 amide bonds. The first kappa shape index (κ1) is 16.1. The monoisotopic (exact) mass is 310 g/mol. The lowest BCUT2D eigenvalue weighted by Crippen LogP contribution is -2.12. The number of carbonyl (C=O) groups excluding carboxylic acids is 1. The van der Waals surface area contributed by atoms with E-state index in [1.54, 1.807) is 13.0 Å². The van der Waals surface area contributed by atoms with Gasteiger partial charge in [0.1, 0.15) is 0 Å². The Kier molecular flexibility index (Phi) is 4.30. The summed E-state index contributed by atoms with van der Waals surface area (Å²) in [5.41, 5.74) is 7.09. The fraction of sp³-hybridized carbons (Fsp3) is 0.312. The van der Waals surface area contributed by atoms with Gasteiger partial charge in [-0.1, -0.05) is 19.1 Å². The average Bonchev–Trinajstić information content (AvgIpc) is 2.76. The minimum Gasteiger partial charge on any atom is -0.366 e. The van der Waals surface area contributed by atoms with Gasteiger partial charge in [-0.25, -0.2) is 0 Å². The average molecular weight is 310 g/mol. The maximum absolute atomic E-state index is 12.6. The van der Waals surface area contributed by atoms with Crippen molar-refractivity contribution >= 4 is 5.91 Å². The lowest BCUT2D eigenvalue weighted by atomic mass is 10.1. The van der Waals surface area contributed by atoms with Gasteiger partial charge in [0.25, 0.3) is 5.91 Å². The first-order valence-electron chi connectivity index (χ1n) is 6.93. The van der Waals surface area contributed by atoms with E-state index in [2.05, 4.69) is 0 Å². The highest BCUT2D eigenvalue weighted by atomic mass is 19.4. The second-order valence-electron chi connectivity index (χ2n) is 5.12. The van der Waals surface area contributed by atoms with Crippen LogP contribution < -0.4 is 5.73 Å². The Bertz CT molecular complexity index is 685. The van der Waals surface area contributed by atoms with Crippen LogP contribution in [0.5, 0.6) is 0 Å². The van der Waals surface area contributed by atoms with E-state index in [0.717, 1.165) is 24.2 Å². The second kappa shape index (κ2) is 5.87. The first-order chi connectivity index (χ1) is 10.3. The summed E-state index contributed by atoms with van der Waals surface area (Å²) in [6.07, 6.45) is -3.53. The van der Waals surface area contributed by atoms with Gasteiger partial charge in [-0.05, 0) is 37.1 Å². The molecule has 1 aromatic carbocycles. The number of rotatable bonds is 4. The number of primary amides is 1. The third kappa shape index (κ3) is 3.00. The van der Waals surface area contributed by atoms with Gasteiger partial charge in [0, 0.05) is 17.9 Å². The third-order valence-corrected chi connectivity index (χ3v) is 3.59. The molecule has 0 aliphatic carbocycles. The van der Waals surface area contributed by atoms with Gasteiger partial charge >= 0.3 is 6.18 Å². The van der Waals surface area contributed by atoms with Crippen molar-refractivity contribution in [3.63, 3.8) is 0 Å². The summed E-state index contributed by atoms with van der Waals surface area (Å²) in [6, 6.07) is 6.54. The molecule has 0 unspecified atom stereocenters. The molecule has 2 rings (SSSR count). The van der Waals surface area contributed by atoms with Gasteiger partial charge in [-0.15, -0.1) is 0 Å². The molecule has 3 nitrogen and oxygen atoms in total. The minimum atomic E-state index is -4.36. The number of halogens is 3. The largest absolute Gasteiger partial charge is 0.416 e. The van der Waals surface area contributed by atoms with E-state index in [-0.39, 0.29) is 0 Å². The van der Waals surface area contributed by atoms with Crippen molar-refractivity contribution in [1.29, 1.82) is 0 Å². The van der Waals surface area contributed by atoms with Crippen molar-refractivity contribution in [2.24, 2.45) is 5.73 Å². The van der Waals surface area contributed by atoms with E-state index in [4.69, 9.17) is 5.73 Å². The Morgan fingerprint density at radius 2 is 1.82 bits per heavy atom. The Morgan fingerprint density at radius 1 is 1.23 bits per heavy atom. The van der Waals surface area contributed by atoms with Crippen LogP contribution in [-0.2, 0) is 12.7 Å². The summed E-state index contributed by atoms with van der Waals surface area (Å²) >= 11 is 0. The van der Waals surface area contributed by atoms with E-state index in [1.807, 2.05) is 11.5 Å². The predicted octanol–water partition coefficient (Wildman–Crippen LogP) is 3.99. The number of amides is 1. The van der Waals surface area contributed by atoms with Crippen LogP contribution in [0.15, 0.2) is 30.3 Å². The van der Waals surface area contributed by atoms with Crippen LogP contribution in [-0.4, -0.2) is 10.5 Å². The number of nitrogens with zero attached hydrogens (tertiary/aromatic N) is 1. The van der Waals surface area contributed by atoms with Gasteiger partial charge in [-0.3, -0.25) is 4.79 Å². The third-order valence-electron chi connectivity index (χ3n) is 3.59. The molecular formula is C16H17F3N2O. The number of carbonyl (C=O) groups is 1. The lowest BCUT2D eigenvalue weighted by Gasteiger charge is -2.12. The van der Waals surface area contributed by atoms with Crippen molar-refractivity contribution in [3.8, 4) is 11.3 Å². The summed E-state index contributed by atoms with van der Waals surface area (Å²) in [5, 5.41) is 0. The Hall–Kier alpha value is -2.24. The van der Waals surface area contributed by atoms with Crippen LogP contribution in [0.3, 0.4) is 0 Å². The van der Waals surface area contributed by atoms with Crippen LogP contribution >= 0.6 is 0 Å². The van der Waals surface area contributed by atoms with Crippen LogP contribution in [0, 0.1) is 6.92 Å². The van der Waals surface area contributed by atoms with Crippen molar-refractivity contribution in [1.82, 2.24) is 4.57 Å². The molecule has 0 aliphatic rings. The maximum Gasteiger partial charge on any atom is 0.416 e. The molecule has 2 aromatic rings. The van der Waals surface area contributed by atoms with Crippen molar-refractivity contribution in [2.75, 3.05) is 0 Å². The maximum atomic E-state index is 12.6. The number of aromatic nitrogens is 1. The molecule has 0 saturated carbocycles. The molecule has 0 saturated heterocycles. The molecule has 0 radical (unpaired) electrons. The topological polar surface area (TPSA) is 48.0 Å². The molecule has 0 bridgehead atoms. The SMILES string of the molecule is CCCn1c(-c2ccc(C(F)(F)F)cc2)cc(C(N)=O)c1C. The van der Waals surface area contributed by atoms with Gasteiger partial charge in [0.05, 0.1) is 11.1 Å². The number of hydrogen-bond donors (Lipinski definition) is 1. The zero-order valence-electron chi connectivity index (χ0n) is 12.4. The van der Waals surface area contributed by atoms with E-state index in [0.29, 0.717) is 23.4 Å². The highest BCUT2D eigenvalue weighted by molar-refractivity contribution is 5.95. The highest BCUT2D eigenvalue weighted by Gasteiger charge is 2.30. The summed E-state index contributed by atoms with van der Waals surface area (Å²) in [4.78, 5) is 11.5. The molecule has 22 heavy (non-hydrogen) atoms. The van der Waals surface area contributed by atoms with Crippen molar-refractivity contribution in [3.05, 3.63) is 47.2 Å². The van der Waals surface area contributed by atoms with Crippen LogP contribution in [0.1, 0.15) is 35.0 Å². The fourth-order valence-corrected chi connectivity index (χ4v) is 2.48. The Morgan fingerprint density at radius 3 is 2.27 bits per heavy atom. The van der Waals surface area contributed by atoms with Gasteiger partial charge in [0.2, 0.25) is 0 Å². The van der Waals surface area contributed by atoms with Crippen LogP contribution in [0.4, 0.5) is 13.2 Å². The normalized spacial score (nSPS) is 11.7. The molecule has 1 heterocycles. The smallest absolute Gasteiger partial charge is 0.366 e. The van der Waals surface area contributed by atoms with Crippen LogP contribution in [0.25, 0.3) is 11.3 Å². The molecular weight excluding hydrogens is 293 g/mol. The zero-order valence-corrected chi connectivity index (χ0v) is 12.4. The standard InChI is InChI=1S/C16H17F3N2O/c1-3-8-21-10(2)13(15(20)22)9-14(21)11-4-6-12(7-5-11)16(17,18)19/h4-7,9H,3,8H2,1-2H3,(H2,20,22).